The molecule has 2 aromatic rings. The number of nitrogens with zero attached hydrogens (tertiary/aromatic N) is 2. The fourth-order valence-electron chi connectivity index (χ4n) is 4.60. The second-order valence-corrected chi connectivity index (χ2v) is 9.08. The van der Waals surface area contributed by atoms with Crippen molar-refractivity contribution in [1.29, 1.82) is 0 Å². The van der Waals surface area contributed by atoms with E-state index in [0.29, 0.717) is 18.4 Å². The van der Waals surface area contributed by atoms with Crippen LogP contribution >= 0.6 is 0 Å². The first-order valence-electron chi connectivity index (χ1n) is 11.4. The molecule has 1 saturated carbocycles. The number of epoxide rings is 1. The second kappa shape index (κ2) is 8.49. The predicted octanol–water partition coefficient (Wildman–Crippen LogP) is 2.32. The van der Waals surface area contributed by atoms with Gasteiger partial charge >= 0.3 is 6.18 Å². The van der Waals surface area contributed by atoms with Gasteiger partial charge in [0.25, 0.3) is 0 Å². The maximum atomic E-state index is 14.3. The van der Waals surface area contributed by atoms with Crippen molar-refractivity contribution in [1.82, 2.24) is 9.78 Å². The number of hydrogen-bond acceptors (Lipinski definition) is 7. The van der Waals surface area contributed by atoms with Crippen molar-refractivity contribution in [2.45, 2.75) is 81.6 Å². The number of aliphatic hydroxyl groups excluding tert-OH is 2. The second-order valence-electron chi connectivity index (χ2n) is 9.08. The minimum absolute atomic E-state index is 0.0863. The molecule has 8 nitrogen and oxygen atoms in total. The van der Waals surface area contributed by atoms with Gasteiger partial charge in [-0.25, -0.2) is 0 Å². The molecule has 3 N–H and O–H groups in total. The van der Waals surface area contributed by atoms with E-state index in [2.05, 4.69) is 5.10 Å². The lowest BCUT2D eigenvalue weighted by atomic mass is 9.93. The van der Waals surface area contributed by atoms with Gasteiger partial charge < -0.3 is 29.5 Å². The number of alkyl halides is 3. The molecule has 2 saturated heterocycles. The highest BCUT2D eigenvalue weighted by Crippen LogP contribution is 2.47. The molecule has 11 heteroatoms. The van der Waals surface area contributed by atoms with Gasteiger partial charge in [-0.2, -0.15) is 13.2 Å². The Bertz CT molecular complexity index is 1040. The van der Waals surface area contributed by atoms with Crippen molar-refractivity contribution in [2.75, 3.05) is 6.61 Å². The van der Waals surface area contributed by atoms with Crippen molar-refractivity contribution in [2.24, 2.45) is 0 Å². The average Bonchev–Trinajstić information content (AvgIpc) is 3.34. The number of rotatable bonds is 7. The first-order chi connectivity index (χ1) is 16.2. The molecular weight excluding hydrogens is 457 g/mol. The van der Waals surface area contributed by atoms with E-state index in [9.17, 15) is 28.5 Å². The molecule has 3 aliphatic rings. The number of benzene rings is 1. The molecule has 5 rings (SSSR count). The number of hydrogen-bond donors (Lipinski definition) is 3. The average molecular weight is 484 g/mol. The van der Waals surface area contributed by atoms with E-state index in [1.165, 1.54) is 0 Å². The van der Waals surface area contributed by atoms with Gasteiger partial charge in [-0.1, -0.05) is 31.2 Å². The summed E-state index contributed by atoms with van der Waals surface area (Å²) in [6.07, 6.45) is -7.24. The molecule has 0 radical (unpaired) electrons. The van der Waals surface area contributed by atoms with Crippen LogP contribution in [0.4, 0.5) is 13.2 Å². The first kappa shape index (κ1) is 23.6. The van der Waals surface area contributed by atoms with Crippen LogP contribution in [-0.2, 0) is 28.5 Å². The smallest absolute Gasteiger partial charge is 0.433 e. The third-order valence-corrected chi connectivity index (χ3v) is 6.88. The van der Waals surface area contributed by atoms with E-state index in [1.807, 2.05) is 19.1 Å². The van der Waals surface area contributed by atoms with Crippen LogP contribution in [0.1, 0.15) is 54.6 Å². The monoisotopic (exact) mass is 484 g/mol. The standard InChI is InChI=1S/C23H27F3N2O6/c1-2-12-6-8-13(9-7-12)10-15-18(23(24,25)26)28(14-4-3-5-14)27-20(15)33-21-17(30)19-22(31,34-19)16(11-29)32-21/h6-9,14,16-17,19,21,29-31H,2-5,10-11H2,1H3. The third kappa shape index (κ3) is 3.99. The maximum absolute atomic E-state index is 14.3. The Kier molecular flexibility index (Phi) is 5.88. The molecule has 0 spiro atoms. The summed E-state index contributed by atoms with van der Waals surface area (Å²) in [5, 5.41) is 34.4. The summed E-state index contributed by atoms with van der Waals surface area (Å²) in [6, 6.07) is 6.88. The van der Waals surface area contributed by atoms with Gasteiger partial charge in [-0.15, -0.1) is 5.10 Å². The Morgan fingerprint density at radius 2 is 1.88 bits per heavy atom. The topological polar surface area (TPSA) is 110 Å². The number of aryl methyl sites for hydroxylation is 1. The number of halogens is 3. The largest absolute Gasteiger partial charge is 0.443 e. The molecule has 0 amide bonds. The summed E-state index contributed by atoms with van der Waals surface area (Å²) >= 11 is 0. The van der Waals surface area contributed by atoms with Crippen LogP contribution < -0.4 is 4.74 Å². The molecule has 186 valence electrons. The Balaban J connectivity index is 1.52. The molecule has 1 aliphatic carbocycles. The normalized spacial score (nSPS) is 31.1. The molecule has 3 fully saturated rings. The van der Waals surface area contributed by atoms with Crippen LogP contribution in [0.15, 0.2) is 24.3 Å². The highest BCUT2D eigenvalue weighted by molar-refractivity contribution is 5.39. The fourth-order valence-corrected chi connectivity index (χ4v) is 4.60. The van der Waals surface area contributed by atoms with Crippen LogP contribution in [0.2, 0.25) is 0 Å². The lowest BCUT2D eigenvalue weighted by Crippen LogP contribution is -2.54. The first-order valence-corrected chi connectivity index (χ1v) is 11.4. The number of fused-ring (bicyclic) bond motifs is 1. The highest BCUT2D eigenvalue weighted by Gasteiger charge is 2.70. The van der Waals surface area contributed by atoms with E-state index >= 15 is 0 Å². The van der Waals surface area contributed by atoms with Gasteiger partial charge in [0.1, 0.15) is 24.0 Å². The Labute approximate surface area is 193 Å². The Morgan fingerprint density at radius 1 is 1.21 bits per heavy atom. The molecule has 1 aromatic carbocycles. The van der Waals surface area contributed by atoms with Crippen molar-refractivity contribution in [3.8, 4) is 5.88 Å². The van der Waals surface area contributed by atoms with Gasteiger partial charge in [-0.3, -0.25) is 4.68 Å². The van der Waals surface area contributed by atoms with E-state index in [0.717, 1.165) is 23.1 Å². The van der Waals surface area contributed by atoms with Gasteiger partial charge in [0.15, 0.2) is 0 Å². The Hall–Kier alpha value is -2.18. The van der Waals surface area contributed by atoms with Gasteiger partial charge in [0.05, 0.1) is 18.2 Å². The summed E-state index contributed by atoms with van der Waals surface area (Å²) in [7, 11) is 0. The predicted molar refractivity (Wildman–Crippen MR) is 111 cm³/mol. The van der Waals surface area contributed by atoms with Crippen LogP contribution in [0, 0.1) is 0 Å². The quantitative estimate of drug-likeness (QED) is 0.518. The van der Waals surface area contributed by atoms with Crippen molar-refractivity contribution >= 4 is 0 Å². The van der Waals surface area contributed by atoms with Crippen LogP contribution in [0.3, 0.4) is 0 Å². The lowest BCUT2D eigenvalue weighted by Gasteiger charge is -2.32. The van der Waals surface area contributed by atoms with E-state index in [-0.39, 0.29) is 17.9 Å². The zero-order valence-electron chi connectivity index (χ0n) is 18.5. The zero-order valence-corrected chi connectivity index (χ0v) is 18.5. The summed E-state index contributed by atoms with van der Waals surface area (Å²) in [5.74, 6) is -2.15. The fraction of sp³-hybridized carbons (Fsp3) is 0.609. The zero-order chi connectivity index (χ0) is 24.3. The third-order valence-electron chi connectivity index (χ3n) is 6.88. The molecule has 5 atom stereocenters. The minimum Gasteiger partial charge on any atom is -0.443 e. The summed E-state index contributed by atoms with van der Waals surface area (Å²) < 4.78 is 60.1. The summed E-state index contributed by atoms with van der Waals surface area (Å²) in [5.41, 5.74) is 0.679. The van der Waals surface area contributed by atoms with Gasteiger partial charge in [0, 0.05) is 6.42 Å². The van der Waals surface area contributed by atoms with E-state index in [4.69, 9.17) is 14.2 Å². The molecule has 3 heterocycles. The molecule has 2 aliphatic heterocycles. The number of aromatic nitrogens is 2. The molecular formula is C23H27F3N2O6. The van der Waals surface area contributed by atoms with Crippen molar-refractivity contribution in [3.63, 3.8) is 0 Å². The summed E-state index contributed by atoms with van der Waals surface area (Å²) in [6.45, 7) is 1.37. The lowest BCUT2D eigenvalue weighted by molar-refractivity contribution is -0.240. The summed E-state index contributed by atoms with van der Waals surface area (Å²) in [4.78, 5) is 0. The van der Waals surface area contributed by atoms with Crippen LogP contribution in [0.25, 0.3) is 0 Å². The molecule has 1 aromatic heterocycles. The van der Waals surface area contributed by atoms with Gasteiger partial charge in [0.2, 0.25) is 18.0 Å². The van der Waals surface area contributed by atoms with E-state index < -0.39 is 54.9 Å². The SMILES string of the molecule is CCc1ccc(Cc2c(OC3OC(CO)C4(O)OC4C3O)nn(C3CCC3)c2C(F)(F)F)cc1. The molecule has 0 bridgehead atoms. The van der Waals surface area contributed by atoms with Crippen LogP contribution in [-0.4, -0.2) is 62.1 Å². The maximum Gasteiger partial charge on any atom is 0.433 e. The van der Waals surface area contributed by atoms with Crippen LogP contribution in [0.5, 0.6) is 5.88 Å². The van der Waals surface area contributed by atoms with Crippen molar-refractivity contribution in [3.05, 3.63) is 46.6 Å². The highest BCUT2D eigenvalue weighted by atomic mass is 19.4. The Morgan fingerprint density at radius 3 is 2.44 bits per heavy atom. The van der Waals surface area contributed by atoms with Gasteiger partial charge in [-0.05, 0) is 36.8 Å². The number of ether oxygens (including phenoxy) is 3. The van der Waals surface area contributed by atoms with E-state index in [1.54, 1.807) is 12.1 Å². The number of aliphatic hydroxyl groups is 3. The minimum atomic E-state index is -4.68. The molecule has 5 unspecified atom stereocenters. The molecule has 34 heavy (non-hydrogen) atoms. The van der Waals surface area contributed by atoms with Crippen molar-refractivity contribution < 1.29 is 42.7 Å².